The normalized spacial score (nSPS) is 12.3. The predicted octanol–water partition coefficient (Wildman–Crippen LogP) is 3.37. The van der Waals surface area contributed by atoms with E-state index in [2.05, 4.69) is 0 Å². The lowest BCUT2D eigenvalue weighted by Crippen LogP contribution is -1.93. The van der Waals surface area contributed by atoms with Gasteiger partial charge in [-0.25, -0.2) is 4.79 Å². The summed E-state index contributed by atoms with van der Waals surface area (Å²) >= 11 is 0. The van der Waals surface area contributed by atoms with Crippen LogP contribution in [-0.4, -0.2) is 11.1 Å². The van der Waals surface area contributed by atoms with Gasteiger partial charge >= 0.3 is 5.97 Å². The lowest BCUT2D eigenvalue weighted by Gasteiger charge is -2.06. The van der Waals surface area contributed by atoms with Crippen LogP contribution < -0.4 is 0 Å². The third-order valence-electron chi connectivity index (χ3n) is 2.22. The van der Waals surface area contributed by atoms with Crippen molar-refractivity contribution < 1.29 is 9.90 Å². The fraction of sp³-hybridized carbons (Fsp3) is 0.214. The summed E-state index contributed by atoms with van der Waals surface area (Å²) in [5, 5.41) is 8.60. The van der Waals surface area contributed by atoms with E-state index in [1.807, 2.05) is 50.3 Å². The third kappa shape index (κ3) is 4.13. The molecule has 1 aromatic carbocycles. The molecular weight excluding hydrogens is 200 g/mol. The van der Waals surface area contributed by atoms with E-state index >= 15 is 0 Å². The molecule has 0 aliphatic heterocycles. The highest BCUT2D eigenvalue weighted by Gasteiger charge is 2.00. The Hall–Kier alpha value is -1.83. The van der Waals surface area contributed by atoms with Gasteiger partial charge in [-0.3, -0.25) is 0 Å². The van der Waals surface area contributed by atoms with E-state index in [1.165, 1.54) is 6.08 Å². The van der Waals surface area contributed by atoms with Gasteiger partial charge in [-0.2, -0.15) is 0 Å². The molecule has 0 atom stereocenters. The van der Waals surface area contributed by atoms with Crippen LogP contribution in [0.15, 0.2) is 48.1 Å². The van der Waals surface area contributed by atoms with Crippen molar-refractivity contribution in [1.82, 2.24) is 0 Å². The third-order valence-corrected chi connectivity index (χ3v) is 2.22. The molecule has 1 rings (SSSR count). The van der Waals surface area contributed by atoms with Crippen molar-refractivity contribution in [2.45, 2.75) is 13.8 Å². The first-order chi connectivity index (χ1) is 7.59. The Morgan fingerprint density at radius 1 is 1.19 bits per heavy atom. The van der Waals surface area contributed by atoms with Gasteiger partial charge in [-0.15, -0.1) is 0 Å². The molecule has 0 aromatic heterocycles. The van der Waals surface area contributed by atoms with Crippen LogP contribution in [0.3, 0.4) is 0 Å². The number of carbonyl (C=O) groups is 1. The molecule has 1 aromatic rings. The first-order valence-corrected chi connectivity index (χ1v) is 5.27. The fourth-order valence-electron chi connectivity index (χ4n) is 1.32. The highest BCUT2D eigenvalue weighted by Crippen LogP contribution is 2.15. The molecule has 0 bridgehead atoms. The van der Waals surface area contributed by atoms with Gasteiger partial charge in [-0.05, 0) is 17.1 Å². The molecule has 2 nitrogen and oxygen atoms in total. The summed E-state index contributed by atoms with van der Waals surface area (Å²) in [5.74, 6) is -0.615. The summed E-state index contributed by atoms with van der Waals surface area (Å²) in [5.41, 5.74) is 2.09. The van der Waals surface area contributed by atoms with Crippen molar-refractivity contribution in [3.63, 3.8) is 0 Å². The minimum Gasteiger partial charge on any atom is -0.478 e. The maximum atomic E-state index is 10.5. The first kappa shape index (κ1) is 12.2. The smallest absolute Gasteiger partial charge is 0.328 e. The predicted molar refractivity (Wildman–Crippen MR) is 66.0 cm³/mol. The van der Waals surface area contributed by atoms with E-state index in [1.54, 1.807) is 6.08 Å². The van der Waals surface area contributed by atoms with Gasteiger partial charge in [0.15, 0.2) is 0 Å². The van der Waals surface area contributed by atoms with Crippen LogP contribution >= 0.6 is 0 Å². The summed E-state index contributed by atoms with van der Waals surface area (Å²) < 4.78 is 0. The van der Waals surface area contributed by atoms with Gasteiger partial charge in [0.2, 0.25) is 0 Å². The molecule has 0 saturated carbocycles. The van der Waals surface area contributed by atoms with Crippen molar-refractivity contribution in [2.75, 3.05) is 0 Å². The van der Waals surface area contributed by atoms with Gasteiger partial charge in [0, 0.05) is 6.08 Å². The van der Waals surface area contributed by atoms with Crippen molar-refractivity contribution in [3.05, 3.63) is 53.6 Å². The number of benzene rings is 1. The maximum Gasteiger partial charge on any atom is 0.328 e. The molecule has 0 heterocycles. The van der Waals surface area contributed by atoms with Crippen molar-refractivity contribution in [2.24, 2.45) is 5.92 Å². The zero-order chi connectivity index (χ0) is 12.0. The van der Waals surface area contributed by atoms with E-state index in [0.717, 1.165) is 11.1 Å². The van der Waals surface area contributed by atoms with E-state index in [0.29, 0.717) is 5.92 Å². The number of hydrogen-bond donors (Lipinski definition) is 1. The van der Waals surface area contributed by atoms with Gasteiger partial charge in [-0.1, -0.05) is 56.3 Å². The largest absolute Gasteiger partial charge is 0.478 e. The van der Waals surface area contributed by atoms with Crippen LogP contribution in [0.4, 0.5) is 0 Å². The van der Waals surface area contributed by atoms with Crippen molar-refractivity contribution in [3.8, 4) is 0 Å². The number of allylic oxidation sites excluding steroid dienone is 2. The zero-order valence-corrected chi connectivity index (χ0v) is 9.55. The van der Waals surface area contributed by atoms with Crippen LogP contribution in [-0.2, 0) is 4.79 Å². The van der Waals surface area contributed by atoms with E-state index < -0.39 is 5.97 Å². The molecule has 16 heavy (non-hydrogen) atoms. The minimum atomic E-state index is -0.917. The highest BCUT2D eigenvalue weighted by molar-refractivity contribution is 5.80. The Morgan fingerprint density at radius 3 is 2.31 bits per heavy atom. The molecule has 0 radical (unpaired) electrons. The van der Waals surface area contributed by atoms with Gasteiger partial charge in [0.25, 0.3) is 0 Å². The average Bonchev–Trinajstić information content (AvgIpc) is 2.25. The standard InChI is InChI=1S/C14H16O2/c1-11(2)13(8-9-14(15)16)10-12-6-4-3-5-7-12/h3-11H,1-2H3,(H,15,16)/b9-8+,13-10-. The monoisotopic (exact) mass is 216 g/mol. The second-order valence-corrected chi connectivity index (χ2v) is 3.88. The summed E-state index contributed by atoms with van der Waals surface area (Å²) in [6.45, 7) is 4.09. The van der Waals surface area contributed by atoms with Gasteiger partial charge in [0.05, 0.1) is 0 Å². The van der Waals surface area contributed by atoms with E-state index in [9.17, 15) is 4.79 Å². The van der Waals surface area contributed by atoms with Crippen LogP contribution in [0.25, 0.3) is 6.08 Å². The molecule has 0 saturated heterocycles. The van der Waals surface area contributed by atoms with Crippen LogP contribution in [0, 0.1) is 5.92 Å². The van der Waals surface area contributed by atoms with E-state index in [-0.39, 0.29) is 0 Å². The number of rotatable bonds is 4. The Morgan fingerprint density at radius 2 is 1.81 bits per heavy atom. The molecule has 0 aliphatic rings. The summed E-state index contributed by atoms with van der Waals surface area (Å²) in [6.07, 6.45) is 4.83. The lowest BCUT2D eigenvalue weighted by atomic mass is 10.00. The second-order valence-electron chi connectivity index (χ2n) is 3.88. The summed E-state index contributed by atoms with van der Waals surface area (Å²) in [4.78, 5) is 10.5. The molecule has 0 unspecified atom stereocenters. The molecule has 0 aliphatic carbocycles. The quantitative estimate of drug-likeness (QED) is 0.619. The minimum absolute atomic E-state index is 0.302. The Kier molecular flexibility index (Phi) is 4.52. The molecule has 0 amide bonds. The van der Waals surface area contributed by atoms with Crippen LogP contribution in [0.1, 0.15) is 19.4 Å². The lowest BCUT2D eigenvalue weighted by molar-refractivity contribution is -0.131. The Bertz CT molecular complexity index is 400. The Labute approximate surface area is 95.9 Å². The van der Waals surface area contributed by atoms with E-state index in [4.69, 9.17) is 5.11 Å². The van der Waals surface area contributed by atoms with Crippen molar-refractivity contribution >= 4 is 12.0 Å². The fourth-order valence-corrected chi connectivity index (χ4v) is 1.32. The summed E-state index contributed by atoms with van der Waals surface area (Å²) in [7, 11) is 0. The molecule has 84 valence electrons. The molecule has 1 N–H and O–H groups in total. The molecular formula is C14H16O2. The zero-order valence-electron chi connectivity index (χ0n) is 9.55. The molecule has 0 spiro atoms. The van der Waals surface area contributed by atoms with Gasteiger partial charge in [0.1, 0.15) is 0 Å². The van der Waals surface area contributed by atoms with Crippen LogP contribution in [0.5, 0.6) is 0 Å². The van der Waals surface area contributed by atoms with Crippen molar-refractivity contribution in [1.29, 1.82) is 0 Å². The highest BCUT2D eigenvalue weighted by atomic mass is 16.4. The maximum absolute atomic E-state index is 10.5. The number of carboxylic acids is 1. The number of hydrogen-bond acceptors (Lipinski definition) is 1. The average molecular weight is 216 g/mol. The van der Waals surface area contributed by atoms with Crippen LogP contribution in [0.2, 0.25) is 0 Å². The topological polar surface area (TPSA) is 37.3 Å². The SMILES string of the molecule is CC(C)C(/C=C/C(=O)O)=C\c1ccccc1. The number of carboxylic acid groups (broad SMARTS) is 1. The summed E-state index contributed by atoms with van der Waals surface area (Å²) in [6, 6.07) is 9.88. The molecule has 0 fully saturated rings. The Balaban J connectivity index is 2.94. The second kappa shape index (κ2) is 5.91. The van der Waals surface area contributed by atoms with Gasteiger partial charge < -0.3 is 5.11 Å². The molecule has 2 heteroatoms. The first-order valence-electron chi connectivity index (χ1n) is 5.27. The number of aliphatic carboxylic acids is 1.